The molecular weight excluding hydrogens is 290 g/mol. The van der Waals surface area contributed by atoms with Gasteiger partial charge in [-0.15, -0.1) is 0 Å². The highest BCUT2D eigenvalue weighted by atomic mass is 19.4. The van der Waals surface area contributed by atoms with E-state index in [1.165, 1.54) is 18.3 Å². The number of nitrogens with one attached hydrogen (secondary N) is 1. The van der Waals surface area contributed by atoms with Crippen LogP contribution in [0.5, 0.6) is 0 Å². The quantitative estimate of drug-likeness (QED) is 0.837. The lowest BCUT2D eigenvalue weighted by atomic mass is 10.1. The number of nitrogens with zero attached hydrogens (tertiary/aromatic N) is 1. The lowest BCUT2D eigenvalue weighted by molar-refractivity contribution is -0.137. The summed E-state index contributed by atoms with van der Waals surface area (Å²) in [6, 6.07) is 4.52. The molecule has 110 valence electrons. The number of rotatable bonds is 2. The third kappa shape index (κ3) is 3.28. The number of anilines is 2. The standard InChI is InChI=1S/C13H9F4N3O/c14-9-4-3-7(13(15,16)17)6-8(9)12(21)20-11-10(18)2-1-5-19-11/h1-6H,18H2,(H,19,20,21). The third-order valence-corrected chi connectivity index (χ3v) is 2.61. The van der Waals surface area contributed by atoms with E-state index in [4.69, 9.17) is 5.73 Å². The van der Waals surface area contributed by atoms with Crippen LogP contribution in [0.3, 0.4) is 0 Å². The lowest BCUT2D eigenvalue weighted by Crippen LogP contribution is -2.17. The number of halogens is 4. The number of carbonyl (C=O) groups is 1. The summed E-state index contributed by atoms with van der Waals surface area (Å²) in [5.41, 5.74) is 3.78. The zero-order valence-corrected chi connectivity index (χ0v) is 10.4. The Hall–Kier alpha value is -2.64. The minimum absolute atomic E-state index is 0.0562. The van der Waals surface area contributed by atoms with Crippen LogP contribution in [0.25, 0.3) is 0 Å². The topological polar surface area (TPSA) is 68.0 Å². The van der Waals surface area contributed by atoms with Crippen LogP contribution in [-0.4, -0.2) is 10.9 Å². The van der Waals surface area contributed by atoms with E-state index in [-0.39, 0.29) is 11.5 Å². The number of nitrogen functional groups attached to an aromatic ring is 1. The van der Waals surface area contributed by atoms with Gasteiger partial charge in [0.15, 0.2) is 5.82 Å². The van der Waals surface area contributed by atoms with Crippen molar-refractivity contribution in [3.63, 3.8) is 0 Å². The van der Waals surface area contributed by atoms with Crippen molar-refractivity contribution in [3.05, 3.63) is 53.5 Å². The fourth-order valence-corrected chi connectivity index (χ4v) is 1.57. The zero-order valence-electron chi connectivity index (χ0n) is 10.4. The average Bonchev–Trinajstić information content (AvgIpc) is 2.40. The van der Waals surface area contributed by atoms with E-state index in [1.807, 2.05) is 0 Å². The van der Waals surface area contributed by atoms with E-state index in [2.05, 4.69) is 10.3 Å². The van der Waals surface area contributed by atoms with Crippen molar-refractivity contribution in [2.45, 2.75) is 6.18 Å². The van der Waals surface area contributed by atoms with Crippen LogP contribution in [0, 0.1) is 5.82 Å². The van der Waals surface area contributed by atoms with Gasteiger partial charge in [-0.25, -0.2) is 9.37 Å². The molecule has 0 saturated carbocycles. The van der Waals surface area contributed by atoms with Crippen molar-refractivity contribution >= 4 is 17.4 Å². The minimum Gasteiger partial charge on any atom is -0.396 e. The molecule has 3 N–H and O–H groups in total. The van der Waals surface area contributed by atoms with Gasteiger partial charge >= 0.3 is 6.18 Å². The summed E-state index contributed by atoms with van der Waals surface area (Å²) in [6.45, 7) is 0. The second kappa shape index (κ2) is 5.39. The maximum atomic E-state index is 13.5. The third-order valence-electron chi connectivity index (χ3n) is 2.61. The molecule has 2 rings (SSSR count). The SMILES string of the molecule is Nc1cccnc1NC(=O)c1cc(C(F)(F)F)ccc1F. The van der Waals surface area contributed by atoms with Gasteiger partial charge in [-0.2, -0.15) is 13.2 Å². The summed E-state index contributed by atoms with van der Waals surface area (Å²) < 4.78 is 51.2. The predicted octanol–water partition coefficient (Wildman–Crippen LogP) is 3.07. The van der Waals surface area contributed by atoms with Gasteiger partial charge in [-0.3, -0.25) is 4.79 Å². The number of hydrogen-bond acceptors (Lipinski definition) is 3. The molecule has 1 amide bonds. The van der Waals surface area contributed by atoms with Crippen molar-refractivity contribution in [1.29, 1.82) is 0 Å². The Kier molecular flexibility index (Phi) is 3.79. The Morgan fingerprint density at radius 1 is 1.24 bits per heavy atom. The van der Waals surface area contributed by atoms with Crippen LogP contribution in [0.15, 0.2) is 36.5 Å². The molecule has 0 spiro atoms. The number of benzene rings is 1. The Morgan fingerprint density at radius 3 is 2.57 bits per heavy atom. The Balaban J connectivity index is 2.33. The maximum Gasteiger partial charge on any atom is 0.416 e. The van der Waals surface area contributed by atoms with Gasteiger partial charge in [-0.05, 0) is 30.3 Å². The van der Waals surface area contributed by atoms with E-state index < -0.39 is 29.0 Å². The molecule has 0 radical (unpaired) electrons. The number of aromatic nitrogens is 1. The van der Waals surface area contributed by atoms with E-state index in [1.54, 1.807) is 0 Å². The second-order valence-electron chi connectivity index (χ2n) is 4.09. The van der Waals surface area contributed by atoms with Crippen LogP contribution in [0.1, 0.15) is 15.9 Å². The first-order valence-corrected chi connectivity index (χ1v) is 5.67. The van der Waals surface area contributed by atoms with E-state index >= 15 is 0 Å². The van der Waals surface area contributed by atoms with Crippen LogP contribution in [0.4, 0.5) is 29.1 Å². The highest BCUT2D eigenvalue weighted by molar-refractivity contribution is 6.05. The number of nitrogens with two attached hydrogens (primary N) is 1. The van der Waals surface area contributed by atoms with E-state index in [9.17, 15) is 22.4 Å². The van der Waals surface area contributed by atoms with Crippen LogP contribution in [-0.2, 0) is 6.18 Å². The average molecular weight is 299 g/mol. The first kappa shape index (κ1) is 14.8. The first-order valence-electron chi connectivity index (χ1n) is 5.67. The molecular formula is C13H9F4N3O. The first-order chi connectivity index (χ1) is 9.79. The molecule has 0 atom stereocenters. The largest absolute Gasteiger partial charge is 0.416 e. The fourth-order valence-electron chi connectivity index (χ4n) is 1.57. The summed E-state index contributed by atoms with van der Waals surface area (Å²) in [7, 11) is 0. The van der Waals surface area contributed by atoms with Gasteiger partial charge in [0.2, 0.25) is 0 Å². The molecule has 0 fully saturated rings. The number of alkyl halides is 3. The molecule has 1 aromatic heterocycles. The van der Waals surface area contributed by atoms with Crippen molar-refractivity contribution in [3.8, 4) is 0 Å². The Bertz CT molecular complexity index is 685. The van der Waals surface area contributed by atoms with Gasteiger partial charge in [0, 0.05) is 6.20 Å². The highest BCUT2D eigenvalue weighted by Gasteiger charge is 2.32. The molecule has 0 saturated heterocycles. The molecule has 1 aromatic carbocycles. The normalized spacial score (nSPS) is 11.2. The summed E-state index contributed by atoms with van der Waals surface area (Å²) >= 11 is 0. The summed E-state index contributed by atoms with van der Waals surface area (Å²) in [5.74, 6) is -2.20. The minimum atomic E-state index is -4.67. The lowest BCUT2D eigenvalue weighted by Gasteiger charge is -2.10. The molecule has 0 aliphatic heterocycles. The molecule has 2 aromatic rings. The van der Waals surface area contributed by atoms with Gasteiger partial charge in [0.1, 0.15) is 5.82 Å². The fraction of sp³-hybridized carbons (Fsp3) is 0.0769. The van der Waals surface area contributed by atoms with E-state index in [0.717, 1.165) is 0 Å². The molecule has 4 nitrogen and oxygen atoms in total. The predicted molar refractivity (Wildman–Crippen MR) is 68.0 cm³/mol. The molecule has 1 heterocycles. The van der Waals surface area contributed by atoms with Gasteiger partial charge in [0.05, 0.1) is 16.8 Å². The number of pyridine rings is 1. The van der Waals surface area contributed by atoms with Crippen molar-refractivity contribution in [1.82, 2.24) is 4.98 Å². The molecule has 8 heteroatoms. The molecule has 0 aliphatic rings. The monoisotopic (exact) mass is 299 g/mol. The summed E-state index contributed by atoms with van der Waals surface area (Å²) in [6.07, 6.45) is -3.35. The molecule has 0 aliphatic carbocycles. The van der Waals surface area contributed by atoms with Crippen molar-refractivity contribution < 1.29 is 22.4 Å². The van der Waals surface area contributed by atoms with Crippen molar-refractivity contribution in [2.24, 2.45) is 0 Å². The number of carbonyl (C=O) groups excluding carboxylic acids is 1. The zero-order chi connectivity index (χ0) is 15.6. The summed E-state index contributed by atoms with van der Waals surface area (Å²) in [5, 5.41) is 2.16. The van der Waals surface area contributed by atoms with Gasteiger partial charge in [-0.1, -0.05) is 0 Å². The van der Waals surface area contributed by atoms with Crippen LogP contribution < -0.4 is 11.1 Å². The van der Waals surface area contributed by atoms with Crippen LogP contribution in [0.2, 0.25) is 0 Å². The maximum absolute atomic E-state index is 13.5. The number of hydrogen-bond donors (Lipinski definition) is 2. The molecule has 0 unspecified atom stereocenters. The smallest absolute Gasteiger partial charge is 0.396 e. The van der Waals surface area contributed by atoms with Gasteiger partial charge in [0.25, 0.3) is 5.91 Å². The van der Waals surface area contributed by atoms with Crippen molar-refractivity contribution in [2.75, 3.05) is 11.1 Å². The summed E-state index contributed by atoms with van der Waals surface area (Å²) in [4.78, 5) is 15.6. The molecule has 21 heavy (non-hydrogen) atoms. The van der Waals surface area contributed by atoms with E-state index in [0.29, 0.717) is 18.2 Å². The van der Waals surface area contributed by atoms with Gasteiger partial charge < -0.3 is 11.1 Å². The second-order valence-corrected chi connectivity index (χ2v) is 4.09. The Morgan fingerprint density at radius 2 is 1.95 bits per heavy atom. The highest BCUT2D eigenvalue weighted by Crippen LogP contribution is 2.30. The van der Waals surface area contributed by atoms with Crippen LogP contribution >= 0.6 is 0 Å². The molecule has 0 bridgehead atoms. The number of amides is 1. The Labute approximate surface area is 116 Å².